The minimum absolute atomic E-state index is 0.223. The predicted octanol–water partition coefficient (Wildman–Crippen LogP) is 6.13. The lowest BCUT2D eigenvalue weighted by Crippen LogP contribution is -2.17. The smallest absolute Gasteiger partial charge is 0.271 e. The van der Waals surface area contributed by atoms with E-state index in [1.54, 1.807) is 18.3 Å². The van der Waals surface area contributed by atoms with E-state index in [0.717, 1.165) is 36.7 Å². The highest BCUT2D eigenvalue weighted by Gasteiger charge is 2.13. The number of nitrogens with one attached hydrogen (secondary N) is 1. The molecular formula is C24H19BrIN3O. The zero-order chi connectivity index (χ0) is 21.1. The number of para-hydroxylation sites is 1. The molecule has 0 fully saturated rings. The molecule has 0 bridgehead atoms. The summed E-state index contributed by atoms with van der Waals surface area (Å²) in [6.07, 6.45) is 1.74. The van der Waals surface area contributed by atoms with Gasteiger partial charge in [-0.05, 0) is 77.5 Å². The first-order chi connectivity index (χ1) is 14.5. The van der Waals surface area contributed by atoms with Crippen LogP contribution in [0.1, 0.15) is 27.2 Å². The summed E-state index contributed by atoms with van der Waals surface area (Å²) in [5, 5.41) is 5.35. The first-order valence-corrected chi connectivity index (χ1v) is 11.3. The quantitative estimate of drug-likeness (QED) is 0.175. The Labute approximate surface area is 197 Å². The highest BCUT2D eigenvalue weighted by atomic mass is 127. The van der Waals surface area contributed by atoms with Gasteiger partial charge in [-0.3, -0.25) is 4.79 Å². The molecule has 3 aromatic carbocycles. The molecule has 150 valence electrons. The maximum absolute atomic E-state index is 12.3. The van der Waals surface area contributed by atoms with Gasteiger partial charge in [-0.2, -0.15) is 5.10 Å². The van der Waals surface area contributed by atoms with Gasteiger partial charge in [0.15, 0.2) is 0 Å². The number of nitrogens with zero attached hydrogens (tertiary/aromatic N) is 2. The average molecular weight is 572 g/mol. The molecule has 0 aliphatic heterocycles. The summed E-state index contributed by atoms with van der Waals surface area (Å²) in [6, 6.07) is 24.0. The van der Waals surface area contributed by atoms with Gasteiger partial charge in [0.25, 0.3) is 5.91 Å². The summed E-state index contributed by atoms with van der Waals surface area (Å²) in [5.41, 5.74) is 7.69. The minimum atomic E-state index is -0.223. The molecule has 30 heavy (non-hydrogen) atoms. The lowest BCUT2D eigenvalue weighted by Gasteiger charge is -2.09. The van der Waals surface area contributed by atoms with Gasteiger partial charge in [-0.1, -0.05) is 46.3 Å². The van der Waals surface area contributed by atoms with Crippen molar-refractivity contribution in [1.29, 1.82) is 0 Å². The van der Waals surface area contributed by atoms with E-state index in [0.29, 0.717) is 5.56 Å². The predicted molar refractivity (Wildman–Crippen MR) is 134 cm³/mol. The van der Waals surface area contributed by atoms with Crippen molar-refractivity contribution in [3.8, 4) is 0 Å². The Kier molecular flexibility index (Phi) is 6.34. The van der Waals surface area contributed by atoms with E-state index in [1.807, 2.05) is 24.3 Å². The van der Waals surface area contributed by atoms with E-state index in [9.17, 15) is 4.79 Å². The van der Waals surface area contributed by atoms with Crippen molar-refractivity contribution < 1.29 is 4.79 Å². The standard InChI is InChI=1S/C24H19BrIN3O/c1-16-22(14-27-28-24(30)18-8-12-20(26)13-9-18)21-4-2-3-5-23(21)29(16)15-17-6-10-19(25)11-7-17/h2-14H,15H2,1H3,(H,28,30)/b27-14-. The SMILES string of the molecule is Cc1c(/C=N\NC(=O)c2ccc(I)cc2)c2ccccc2n1Cc1ccc(Br)cc1. The van der Waals surface area contributed by atoms with E-state index in [1.165, 1.54) is 5.56 Å². The summed E-state index contributed by atoms with van der Waals surface area (Å²) < 4.78 is 4.43. The summed E-state index contributed by atoms with van der Waals surface area (Å²) in [5.74, 6) is -0.223. The second kappa shape index (κ2) is 9.14. The Morgan fingerprint density at radius 3 is 2.50 bits per heavy atom. The number of carbonyl (C=O) groups excluding carboxylic acids is 1. The zero-order valence-corrected chi connectivity index (χ0v) is 20.0. The van der Waals surface area contributed by atoms with Crippen LogP contribution in [-0.2, 0) is 6.54 Å². The number of halogens is 2. The molecule has 1 amide bonds. The molecular weight excluding hydrogens is 553 g/mol. The van der Waals surface area contributed by atoms with Gasteiger partial charge in [0.05, 0.1) is 6.21 Å². The fraction of sp³-hybridized carbons (Fsp3) is 0.0833. The van der Waals surface area contributed by atoms with Crippen LogP contribution < -0.4 is 5.43 Å². The molecule has 0 unspecified atom stereocenters. The third kappa shape index (κ3) is 4.49. The molecule has 1 aromatic heterocycles. The van der Waals surface area contributed by atoms with Crippen molar-refractivity contribution >= 4 is 61.5 Å². The Morgan fingerprint density at radius 1 is 1.07 bits per heavy atom. The van der Waals surface area contributed by atoms with Crippen molar-refractivity contribution in [2.75, 3.05) is 0 Å². The van der Waals surface area contributed by atoms with Gasteiger partial charge in [0.2, 0.25) is 0 Å². The van der Waals surface area contributed by atoms with E-state index in [-0.39, 0.29) is 5.91 Å². The molecule has 0 spiro atoms. The van der Waals surface area contributed by atoms with Gasteiger partial charge < -0.3 is 4.57 Å². The van der Waals surface area contributed by atoms with Crippen LogP contribution in [0.15, 0.2) is 82.4 Å². The maximum Gasteiger partial charge on any atom is 0.271 e. The molecule has 4 aromatic rings. The van der Waals surface area contributed by atoms with Crippen LogP contribution in [0.4, 0.5) is 0 Å². The fourth-order valence-electron chi connectivity index (χ4n) is 3.42. The molecule has 1 heterocycles. The number of carbonyl (C=O) groups is 1. The number of amides is 1. The van der Waals surface area contributed by atoms with Crippen molar-refractivity contribution in [1.82, 2.24) is 9.99 Å². The van der Waals surface area contributed by atoms with Crippen LogP contribution in [0.25, 0.3) is 10.9 Å². The lowest BCUT2D eigenvalue weighted by molar-refractivity contribution is 0.0955. The van der Waals surface area contributed by atoms with Gasteiger partial charge in [0.1, 0.15) is 0 Å². The molecule has 4 rings (SSSR count). The maximum atomic E-state index is 12.3. The van der Waals surface area contributed by atoms with Crippen LogP contribution in [-0.4, -0.2) is 16.7 Å². The zero-order valence-electron chi connectivity index (χ0n) is 16.3. The van der Waals surface area contributed by atoms with Crippen LogP contribution in [0.2, 0.25) is 0 Å². The van der Waals surface area contributed by atoms with Crippen molar-refractivity contribution in [2.24, 2.45) is 5.10 Å². The highest BCUT2D eigenvalue weighted by molar-refractivity contribution is 14.1. The van der Waals surface area contributed by atoms with Crippen LogP contribution in [0.5, 0.6) is 0 Å². The molecule has 0 aliphatic rings. The van der Waals surface area contributed by atoms with Gasteiger partial charge >= 0.3 is 0 Å². The Hall–Kier alpha value is -2.45. The average Bonchev–Trinajstić information content (AvgIpc) is 3.01. The molecule has 0 atom stereocenters. The highest BCUT2D eigenvalue weighted by Crippen LogP contribution is 2.26. The summed E-state index contributed by atoms with van der Waals surface area (Å²) in [7, 11) is 0. The summed E-state index contributed by atoms with van der Waals surface area (Å²) in [4.78, 5) is 12.3. The second-order valence-corrected chi connectivity index (χ2v) is 9.10. The molecule has 0 saturated heterocycles. The van der Waals surface area contributed by atoms with Crippen LogP contribution in [0.3, 0.4) is 0 Å². The molecule has 0 saturated carbocycles. The third-order valence-electron chi connectivity index (χ3n) is 5.00. The van der Waals surface area contributed by atoms with Gasteiger partial charge in [0, 0.05) is 42.3 Å². The van der Waals surface area contributed by atoms with Gasteiger partial charge in [-0.15, -0.1) is 0 Å². The second-order valence-electron chi connectivity index (χ2n) is 6.93. The Morgan fingerprint density at radius 2 is 1.77 bits per heavy atom. The summed E-state index contributed by atoms with van der Waals surface area (Å²) >= 11 is 5.70. The van der Waals surface area contributed by atoms with Crippen molar-refractivity contribution in [3.63, 3.8) is 0 Å². The molecule has 0 radical (unpaired) electrons. The summed E-state index contributed by atoms with van der Waals surface area (Å²) in [6.45, 7) is 2.85. The van der Waals surface area contributed by atoms with Crippen LogP contribution >= 0.6 is 38.5 Å². The normalized spacial score (nSPS) is 11.3. The van der Waals surface area contributed by atoms with Crippen molar-refractivity contribution in [2.45, 2.75) is 13.5 Å². The van der Waals surface area contributed by atoms with Crippen LogP contribution in [0, 0.1) is 10.5 Å². The van der Waals surface area contributed by atoms with Crippen molar-refractivity contribution in [3.05, 3.63) is 103 Å². The molecule has 0 aliphatic carbocycles. The topological polar surface area (TPSA) is 46.4 Å². The van der Waals surface area contributed by atoms with E-state index in [2.05, 4.69) is 96.9 Å². The monoisotopic (exact) mass is 571 g/mol. The van der Waals surface area contributed by atoms with E-state index in [4.69, 9.17) is 0 Å². The number of fused-ring (bicyclic) bond motifs is 1. The molecule has 1 N–H and O–H groups in total. The Balaban J connectivity index is 1.61. The number of hydrogen-bond acceptors (Lipinski definition) is 2. The largest absolute Gasteiger partial charge is 0.340 e. The number of rotatable bonds is 5. The number of aromatic nitrogens is 1. The molecule has 4 nitrogen and oxygen atoms in total. The molecule has 6 heteroatoms. The third-order valence-corrected chi connectivity index (χ3v) is 6.25. The minimum Gasteiger partial charge on any atom is -0.340 e. The van der Waals surface area contributed by atoms with Gasteiger partial charge in [-0.25, -0.2) is 5.43 Å². The van der Waals surface area contributed by atoms with E-state index >= 15 is 0 Å². The Bertz CT molecular complexity index is 1230. The number of hydrazone groups is 1. The lowest BCUT2D eigenvalue weighted by atomic mass is 10.1. The fourth-order valence-corrected chi connectivity index (χ4v) is 4.04. The van der Waals surface area contributed by atoms with E-state index < -0.39 is 0 Å². The first kappa shape index (κ1) is 20.8. The number of hydrogen-bond donors (Lipinski definition) is 1. The first-order valence-electron chi connectivity index (χ1n) is 9.44. The number of benzene rings is 3.